The number of rotatable bonds is 7. The number of aromatic nitrogens is 2. The Balaban J connectivity index is 1.20. The van der Waals surface area contributed by atoms with Gasteiger partial charge in [-0.25, -0.2) is 0 Å². The Hall–Kier alpha value is -3.60. The molecule has 1 fully saturated rings. The number of likely N-dealkylation sites (tertiary alicyclic amines) is 1. The Bertz CT molecular complexity index is 1440. The van der Waals surface area contributed by atoms with Gasteiger partial charge in [0.1, 0.15) is 0 Å². The van der Waals surface area contributed by atoms with Crippen molar-refractivity contribution in [1.29, 1.82) is 0 Å². The number of benzene rings is 3. The van der Waals surface area contributed by atoms with Gasteiger partial charge in [0.25, 0.3) is 0 Å². The van der Waals surface area contributed by atoms with E-state index < -0.39 is 0 Å². The van der Waals surface area contributed by atoms with Gasteiger partial charge in [-0.2, -0.15) is 0 Å². The fourth-order valence-corrected chi connectivity index (χ4v) is 5.67. The summed E-state index contributed by atoms with van der Waals surface area (Å²) in [5.41, 5.74) is 6.25. The van der Waals surface area contributed by atoms with Crippen LogP contribution in [-0.4, -0.2) is 33.5 Å². The fraction of sp³-hybridized carbons (Fsp3) is 0.250. The van der Waals surface area contributed by atoms with Crippen molar-refractivity contribution in [2.45, 2.75) is 44.4 Å². The minimum atomic E-state index is 0.486. The maximum Gasteiger partial charge on any atom is 0.0705 e. The largest absolute Gasteiger partial charge is 0.310 e. The zero-order chi connectivity index (χ0) is 24.2. The monoisotopic (exact) mass is 472 g/mol. The third-order valence-electron chi connectivity index (χ3n) is 7.59. The smallest absolute Gasteiger partial charge is 0.0705 e. The number of piperidine rings is 1. The lowest BCUT2D eigenvalue weighted by Crippen LogP contribution is -2.49. The minimum Gasteiger partial charge on any atom is -0.310 e. The van der Waals surface area contributed by atoms with E-state index in [9.17, 15) is 0 Å². The van der Waals surface area contributed by atoms with E-state index in [1.807, 2.05) is 12.4 Å². The molecule has 0 bridgehead atoms. The lowest BCUT2D eigenvalue weighted by atomic mass is 9.91. The van der Waals surface area contributed by atoms with Crippen LogP contribution < -0.4 is 5.32 Å². The Kier molecular flexibility index (Phi) is 6.70. The van der Waals surface area contributed by atoms with Crippen molar-refractivity contribution in [2.75, 3.05) is 6.54 Å². The summed E-state index contributed by atoms with van der Waals surface area (Å²) in [6.07, 6.45) is 7.24. The molecule has 180 valence electrons. The third-order valence-corrected chi connectivity index (χ3v) is 7.59. The molecule has 1 saturated heterocycles. The van der Waals surface area contributed by atoms with Gasteiger partial charge < -0.3 is 5.32 Å². The van der Waals surface area contributed by atoms with Crippen molar-refractivity contribution in [3.8, 4) is 0 Å². The van der Waals surface area contributed by atoms with Crippen LogP contribution >= 0.6 is 0 Å². The van der Waals surface area contributed by atoms with Crippen LogP contribution in [0.25, 0.3) is 21.8 Å². The summed E-state index contributed by atoms with van der Waals surface area (Å²) in [7, 11) is 0. The Morgan fingerprint density at radius 3 is 2.11 bits per heavy atom. The van der Waals surface area contributed by atoms with E-state index >= 15 is 0 Å². The van der Waals surface area contributed by atoms with Crippen molar-refractivity contribution >= 4 is 21.8 Å². The van der Waals surface area contributed by atoms with Crippen LogP contribution in [0.4, 0.5) is 0 Å². The number of hydrogen-bond acceptors (Lipinski definition) is 4. The van der Waals surface area contributed by atoms with Gasteiger partial charge in [0.2, 0.25) is 0 Å². The zero-order valence-electron chi connectivity index (χ0n) is 20.6. The van der Waals surface area contributed by atoms with Gasteiger partial charge in [0.15, 0.2) is 0 Å². The van der Waals surface area contributed by atoms with Gasteiger partial charge in [-0.05, 0) is 60.2 Å². The molecule has 0 amide bonds. The third kappa shape index (κ3) is 5.01. The van der Waals surface area contributed by atoms with Gasteiger partial charge in [-0.15, -0.1) is 0 Å². The van der Waals surface area contributed by atoms with E-state index in [0.717, 1.165) is 49.9 Å². The molecule has 1 aliphatic heterocycles. The molecular weight excluding hydrogens is 440 g/mol. The lowest BCUT2D eigenvalue weighted by Gasteiger charge is -2.40. The molecule has 2 atom stereocenters. The van der Waals surface area contributed by atoms with Crippen LogP contribution in [0.5, 0.6) is 0 Å². The number of nitrogens with one attached hydrogen (secondary N) is 1. The highest BCUT2D eigenvalue weighted by Crippen LogP contribution is 2.26. The van der Waals surface area contributed by atoms with E-state index in [4.69, 9.17) is 0 Å². The average molecular weight is 473 g/mol. The quantitative estimate of drug-likeness (QED) is 0.309. The summed E-state index contributed by atoms with van der Waals surface area (Å²) in [6.45, 7) is 2.92. The number of para-hydroxylation sites is 2. The van der Waals surface area contributed by atoms with Crippen molar-refractivity contribution in [2.24, 2.45) is 0 Å². The van der Waals surface area contributed by atoms with Crippen molar-refractivity contribution in [3.63, 3.8) is 0 Å². The topological polar surface area (TPSA) is 41.1 Å². The second-order valence-electron chi connectivity index (χ2n) is 9.89. The SMILES string of the molecule is c1ccc(C[C@@H]2C[C@@H](NCc3ccnc4ccccc34)CCN2Cc2ccnc3ccccc23)cc1. The minimum absolute atomic E-state index is 0.486. The molecule has 2 aromatic heterocycles. The van der Waals surface area contributed by atoms with Gasteiger partial charge in [-0.3, -0.25) is 14.9 Å². The van der Waals surface area contributed by atoms with Crippen LogP contribution in [0, 0.1) is 0 Å². The molecule has 4 heteroatoms. The second-order valence-corrected chi connectivity index (χ2v) is 9.89. The van der Waals surface area contributed by atoms with Crippen molar-refractivity contribution < 1.29 is 0 Å². The molecule has 3 aromatic carbocycles. The summed E-state index contributed by atoms with van der Waals surface area (Å²) in [5, 5.41) is 6.41. The molecule has 4 nitrogen and oxygen atoms in total. The highest BCUT2D eigenvalue weighted by molar-refractivity contribution is 5.82. The highest BCUT2D eigenvalue weighted by atomic mass is 15.2. The summed E-state index contributed by atoms with van der Waals surface area (Å²) in [4.78, 5) is 11.8. The molecule has 0 saturated carbocycles. The number of pyridine rings is 2. The Morgan fingerprint density at radius 1 is 0.722 bits per heavy atom. The Labute approximate surface area is 213 Å². The van der Waals surface area contributed by atoms with E-state index in [-0.39, 0.29) is 0 Å². The van der Waals surface area contributed by atoms with E-state index in [1.54, 1.807) is 0 Å². The summed E-state index contributed by atoms with van der Waals surface area (Å²) in [5.74, 6) is 0. The predicted octanol–water partition coefficient (Wildman–Crippen LogP) is 6.15. The molecule has 36 heavy (non-hydrogen) atoms. The fourth-order valence-electron chi connectivity index (χ4n) is 5.67. The zero-order valence-corrected chi connectivity index (χ0v) is 20.6. The standard InChI is InChI=1S/C32H32N4/c1-2-8-24(9-3-1)20-28-21-27(35-22-25-14-17-33-31-12-6-4-10-29(25)31)16-19-36(28)23-26-15-18-34-32-13-7-5-11-30(26)32/h1-15,17-18,27-28,35H,16,19-23H2/t27-,28+/m0/s1. The second kappa shape index (κ2) is 10.6. The molecule has 1 N–H and O–H groups in total. The Morgan fingerprint density at radius 2 is 1.36 bits per heavy atom. The number of nitrogens with zero attached hydrogens (tertiary/aromatic N) is 3. The van der Waals surface area contributed by atoms with Crippen LogP contribution in [-0.2, 0) is 19.5 Å². The van der Waals surface area contributed by atoms with Crippen LogP contribution in [0.3, 0.4) is 0 Å². The normalized spacial score (nSPS) is 18.6. The number of hydrogen-bond donors (Lipinski definition) is 1. The van der Waals surface area contributed by atoms with Crippen LogP contribution in [0.1, 0.15) is 29.5 Å². The highest BCUT2D eigenvalue weighted by Gasteiger charge is 2.29. The first-order chi connectivity index (χ1) is 17.8. The maximum atomic E-state index is 4.58. The average Bonchev–Trinajstić information content (AvgIpc) is 2.94. The summed E-state index contributed by atoms with van der Waals surface area (Å²) >= 11 is 0. The molecular formula is C32H32N4. The number of fused-ring (bicyclic) bond motifs is 2. The molecule has 3 heterocycles. The molecule has 0 aliphatic carbocycles. The first kappa shape index (κ1) is 22.8. The van der Waals surface area contributed by atoms with Gasteiger partial charge in [0.05, 0.1) is 11.0 Å². The van der Waals surface area contributed by atoms with Crippen molar-refractivity contribution in [1.82, 2.24) is 20.2 Å². The van der Waals surface area contributed by atoms with Crippen LogP contribution in [0.15, 0.2) is 103 Å². The molecule has 0 radical (unpaired) electrons. The first-order valence-corrected chi connectivity index (χ1v) is 13.0. The molecule has 0 unspecified atom stereocenters. The van der Waals surface area contributed by atoms with Gasteiger partial charge >= 0.3 is 0 Å². The molecule has 6 rings (SSSR count). The summed E-state index contributed by atoms with van der Waals surface area (Å²) in [6, 6.07) is 33.2. The van der Waals surface area contributed by atoms with E-state index in [1.165, 1.54) is 27.5 Å². The van der Waals surface area contributed by atoms with Gasteiger partial charge in [0, 0.05) is 54.9 Å². The molecule has 1 aliphatic rings. The van der Waals surface area contributed by atoms with E-state index in [2.05, 4.69) is 111 Å². The summed E-state index contributed by atoms with van der Waals surface area (Å²) < 4.78 is 0. The lowest BCUT2D eigenvalue weighted by molar-refractivity contribution is 0.116. The van der Waals surface area contributed by atoms with E-state index in [0.29, 0.717) is 12.1 Å². The predicted molar refractivity (Wildman–Crippen MR) is 148 cm³/mol. The van der Waals surface area contributed by atoms with Gasteiger partial charge in [-0.1, -0.05) is 66.7 Å². The molecule has 5 aromatic rings. The maximum absolute atomic E-state index is 4.58. The van der Waals surface area contributed by atoms with Crippen LogP contribution in [0.2, 0.25) is 0 Å². The molecule has 0 spiro atoms. The van der Waals surface area contributed by atoms with Crippen molar-refractivity contribution in [3.05, 3.63) is 120 Å². The first-order valence-electron chi connectivity index (χ1n) is 13.0.